The van der Waals surface area contributed by atoms with Crippen molar-refractivity contribution in [3.63, 3.8) is 0 Å². The lowest BCUT2D eigenvalue weighted by Crippen LogP contribution is -2.30. The Bertz CT molecular complexity index is 229. The van der Waals surface area contributed by atoms with Gasteiger partial charge in [-0.15, -0.1) is 0 Å². The second-order valence-corrected chi connectivity index (χ2v) is 6.33. The van der Waals surface area contributed by atoms with E-state index in [1.807, 2.05) is 0 Å². The molecule has 3 heteroatoms. The van der Waals surface area contributed by atoms with E-state index in [1.54, 1.807) is 0 Å². The van der Waals surface area contributed by atoms with E-state index < -0.39 is 0 Å². The zero-order valence-electron chi connectivity index (χ0n) is 12.5. The largest absolute Gasteiger partial charge is 0.379 e. The lowest BCUT2D eigenvalue weighted by Gasteiger charge is -2.16. The second kappa shape index (κ2) is 8.93. The molecule has 1 N–H and O–H groups in total. The van der Waals surface area contributed by atoms with Gasteiger partial charge in [0, 0.05) is 19.3 Å². The first-order valence-electron chi connectivity index (χ1n) is 8.27. The molecule has 1 saturated carbocycles. The van der Waals surface area contributed by atoms with E-state index in [4.69, 9.17) is 9.47 Å². The first-order chi connectivity index (χ1) is 9.34. The number of hydrogen-bond acceptors (Lipinski definition) is 3. The van der Waals surface area contributed by atoms with Gasteiger partial charge in [0.15, 0.2) is 0 Å². The number of nitrogens with one attached hydrogen (secondary N) is 1. The van der Waals surface area contributed by atoms with Crippen molar-refractivity contribution in [1.82, 2.24) is 5.32 Å². The highest BCUT2D eigenvalue weighted by atomic mass is 16.5. The molecule has 0 aromatic rings. The van der Waals surface area contributed by atoms with Gasteiger partial charge in [-0.05, 0) is 51.0 Å². The van der Waals surface area contributed by atoms with Crippen molar-refractivity contribution in [1.29, 1.82) is 0 Å². The highest BCUT2D eigenvalue weighted by Gasteiger charge is 2.16. The lowest BCUT2D eigenvalue weighted by atomic mass is 10.0. The van der Waals surface area contributed by atoms with Crippen LogP contribution in [0.3, 0.4) is 0 Å². The van der Waals surface area contributed by atoms with Crippen LogP contribution < -0.4 is 5.32 Å². The summed E-state index contributed by atoms with van der Waals surface area (Å²) in [5, 5.41) is 3.70. The first kappa shape index (κ1) is 15.3. The molecule has 3 nitrogen and oxygen atoms in total. The molecule has 1 heterocycles. The Hall–Kier alpha value is -0.120. The molecule has 1 saturated heterocycles. The van der Waals surface area contributed by atoms with Crippen LogP contribution in [0.2, 0.25) is 0 Å². The van der Waals surface area contributed by atoms with E-state index >= 15 is 0 Å². The van der Waals surface area contributed by atoms with Crippen LogP contribution in [-0.4, -0.2) is 38.5 Å². The smallest absolute Gasteiger partial charge is 0.0809 e. The van der Waals surface area contributed by atoms with Crippen LogP contribution in [0.5, 0.6) is 0 Å². The van der Waals surface area contributed by atoms with Crippen molar-refractivity contribution in [2.75, 3.05) is 26.4 Å². The van der Waals surface area contributed by atoms with E-state index in [-0.39, 0.29) is 0 Å². The van der Waals surface area contributed by atoms with Crippen LogP contribution in [0.25, 0.3) is 0 Å². The SMILES string of the molecule is CC1CCCC(NCCCOCC2CCCO2)CC1. The first-order valence-corrected chi connectivity index (χ1v) is 8.27. The van der Waals surface area contributed by atoms with E-state index in [0.717, 1.165) is 44.7 Å². The fourth-order valence-electron chi connectivity index (χ4n) is 3.16. The van der Waals surface area contributed by atoms with Crippen molar-refractivity contribution < 1.29 is 9.47 Å². The summed E-state index contributed by atoms with van der Waals surface area (Å²) in [6.45, 7) is 6.08. The molecular formula is C16H31NO2. The molecule has 0 bridgehead atoms. The van der Waals surface area contributed by atoms with Gasteiger partial charge in [0.25, 0.3) is 0 Å². The maximum absolute atomic E-state index is 5.68. The Balaban J connectivity index is 1.42. The van der Waals surface area contributed by atoms with Crippen molar-refractivity contribution >= 4 is 0 Å². The molecule has 2 fully saturated rings. The molecule has 19 heavy (non-hydrogen) atoms. The molecule has 0 radical (unpaired) electrons. The van der Waals surface area contributed by atoms with Crippen LogP contribution in [-0.2, 0) is 9.47 Å². The summed E-state index contributed by atoms with van der Waals surface area (Å²) < 4.78 is 11.2. The van der Waals surface area contributed by atoms with Gasteiger partial charge in [-0.2, -0.15) is 0 Å². The zero-order valence-corrected chi connectivity index (χ0v) is 12.5. The summed E-state index contributed by atoms with van der Waals surface area (Å²) in [7, 11) is 0. The van der Waals surface area contributed by atoms with Crippen molar-refractivity contribution in [3.8, 4) is 0 Å². The average molecular weight is 269 g/mol. The minimum absolute atomic E-state index is 0.372. The summed E-state index contributed by atoms with van der Waals surface area (Å²) in [5.41, 5.74) is 0. The minimum atomic E-state index is 0.372. The summed E-state index contributed by atoms with van der Waals surface area (Å²) >= 11 is 0. The summed E-state index contributed by atoms with van der Waals surface area (Å²) in [6, 6.07) is 0.753. The topological polar surface area (TPSA) is 30.5 Å². The molecule has 2 aliphatic rings. The summed E-state index contributed by atoms with van der Waals surface area (Å²) in [6.07, 6.45) is 10.8. The van der Waals surface area contributed by atoms with Crippen LogP contribution in [0, 0.1) is 5.92 Å². The van der Waals surface area contributed by atoms with Crippen LogP contribution >= 0.6 is 0 Å². The maximum Gasteiger partial charge on any atom is 0.0809 e. The molecule has 0 aromatic carbocycles. The number of rotatable bonds is 7. The highest BCUT2D eigenvalue weighted by molar-refractivity contribution is 4.73. The molecule has 112 valence electrons. The lowest BCUT2D eigenvalue weighted by molar-refractivity contribution is 0.0165. The third kappa shape index (κ3) is 6.24. The Kier molecular flexibility index (Phi) is 7.18. The monoisotopic (exact) mass is 269 g/mol. The Morgan fingerprint density at radius 2 is 2.05 bits per heavy atom. The van der Waals surface area contributed by atoms with Gasteiger partial charge in [0.05, 0.1) is 12.7 Å². The van der Waals surface area contributed by atoms with Gasteiger partial charge >= 0.3 is 0 Å². The minimum Gasteiger partial charge on any atom is -0.379 e. The van der Waals surface area contributed by atoms with Crippen molar-refractivity contribution in [2.45, 2.75) is 70.4 Å². The fourth-order valence-corrected chi connectivity index (χ4v) is 3.16. The quantitative estimate of drug-likeness (QED) is 0.569. The molecule has 0 aromatic heterocycles. The van der Waals surface area contributed by atoms with E-state index in [0.29, 0.717) is 6.10 Å². The third-order valence-corrected chi connectivity index (χ3v) is 4.48. The molecule has 1 aliphatic heterocycles. The van der Waals surface area contributed by atoms with Gasteiger partial charge in [-0.3, -0.25) is 0 Å². The molecule has 3 unspecified atom stereocenters. The second-order valence-electron chi connectivity index (χ2n) is 6.33. The Morgan fingerprint density at radius 1 is 1.11 bits per heavy atom. The average Bonchev–Trinajstić information content (AvgIpc) is 2.84. The molecule has 3 atom stereocenters. The third-order valence-electron chi connectivity index (χ3n) is 4.48. The van der Waals surface area contributed by atoms with E-state index in [2.05, 4.69) is 12.2 Å². The summed E-state index contributed by atoms with van der Waals surface area (Å²) in [5.74, 6) is 0.932. The van der Waals surface area contributed by atoms with Gasteiger partial charge in [0.1, 0.15) is 0 Å². The fraction of sp³-hybridized carbons (Fsp3) is 1.00. The molecular weight excluding hydrogens is 238 g/mol. The molecule has 0 spiro atoms. The zero-order chi connectivity index (χ0) is 13.3. The van der Waals surface area contributed by atoms with Gasteiger partial charge in [-0.25, -0.2) is 0 Å². The van der Waals surface area contributed by atoms with Gasteiger partial charge in [0.2, 0.25) is 0 Å². The van der Waals surface area contributed by atoms with Crippen molar-refractivity contribution in [2.24, 2.45) is 5.92 Å². The Labute approximate surface area is 118 Å². The van der Waals surface area contributed by atoms with E-state index in [1.165, 1.54) is 44.9 Å². The van der Waals surface area contributed by atoms with Gasteiger partial charge in [-0.1, -0.05) is 19.8 Å². The Morgan fingerprint density at radius 3 is 2.89 bits per heavy atom. The van der Waals surface area contributed by atoms with Crippen molar-refractivity contribution in [3.05, 3.63) is 0 Å². The maximum atomic E-state index is 5.68. The number of ether oxygens (including phenoxy) is 2. The molecule has 0 amide bonds. The van der Waals surface area contributed by atoms with Crippen LogP contribution in [0.4, 0.5) is 0 Å². The summed E-state index contributed by atoms with van der Waals surface area (Å²) in [4.78, 5) is 0. The number of hydrogen-bond donors (Lipinski definition) is 1. The van der Waals surface area contributed by atoms with E-state index in [9.17, 15) is 0 Å². The highest BCUT2D eigenvalue weighted by Crippen LogP contribution is 2.22. The van der Waals surface area contributed by atoms with Crippen LogP contribution in [0.1, 0.15) is 58.3 Å². The standard InChI is InChI=1S/C16H31NO2/c1-14-5-2-6-15(9-8-14)17-10-4-11-18-13-16-7-3-12-19-16/h14-17H,2-13H2,1H3. The predicted molar refractivity (Wildman–Crippen MR) is 78.4 cm³/mol. The molecule has 1 aliphatic carbocycles. The van der Waals surface area contributed by atoms with Gasteiger partial charge < -0.3 is 14.8 Å². The predicted octanol–water partition coefficient (Wildman–Crippen LogP) is 3.13. The normalized spacial score (nSPS) is 32.4. The molecule has 2 rings (SSSR count). The van der Waals surface area contributed by atoms with Crippen LogP contribution in [0.15, 0.2) is 0 Å².